The molecule has 2 heteroatoms. The fourth-order valence-corrected chi connectivity index (χ4v) is 1.78. The van der Waals surface area contributed by atoms with Crippen LogP contribution in [0.5, 0.6) is 0 Å². The molecule has 92 valence electrons. The van der Waals surface area contributed by atoms with Crippen LogP contribution in [0, 0.1) is 0 Å². The van der Waals surface area contributed by atoms with Crippen molar-refractivity contribution in [1.29, 1.82) is 0 Å². The highest BCUT2D eigenvalue weighted by molar-refractivity contribution is 5.75. The Kier molecular flexibility index (Phi) is 20.1. The van der Waals surface area contributed by atoms with Crippen molar-refractivity contribution in [2.45, 2.75) is 77.6 Å². The standard InChI is InChI=1S/C13H28O.Al.3H/c1-2-3-4-5-6-7-8-9-10-11-12-13-14;;;;/h14H,2-13H2,1H3;;;;. The van der Waals surface area contributed by atoms with Crippen LogP contribution in [0.2, 0.25) is 0 Å². The Morgan fingerprint density at radius 3 is 1.27 bits per heavy atom. The monoisotopic (exact) mass is 230 g/mol. The van der Waals surface area contributed by atoms with Gasteiger partial charge in [0, 0.05) is 6.61 Å². The Labute approximate surface area is 107 Å². The number of aliphatic hydroxyl groups is 1. The zero-order valence-corrected chi connectivity index (χ0v) is 9.93. The molecule has 0 aromatic rings. The fraction of sp³-hybridized carbons (Fsp3) is 1.00. The molecular weight excluding hydrogens is 199 g/mol. The van der Waals surface area contributed by atoms with E-state index >= 15 is 0 Å². The Morgan fingerprint density at radius 1 is 0.600 bits per heavy atom. The maximum absolute atomic E-state index is 8.59. The lowest BCUT2D eigenvalue weighted by molar-refractivity contribution is 0.282. The minimum atomic E-state index is 0. The van der Waals surface area contributed by atoms with Crippen molar-refractivity contribution in [3.05, 3.63) is 0 Å². The van der Waals surface area contributed by atoms with E-state index in [2.05, 4.69) is 6.92 Å². The Bertz CT molecular complexity index is 84.5. The Balaban J connectivity index is 0. The quantitative estimate of drug-likeness (QED) is 0.427. The highest BCUT2D eigenvalue weighted by Crippen LogP contribution is 2.10. The van der Waals surface area contributed by atoms with Crippen molar-refractivity contribution >= 4 is 17.4 Å². The first-order valence-corrected chi connectivity index (χ1v) is 6.52. The van der Waals surface area contributed by atoms with E-state index in [1.165, 1.54) is 64.2 Å². The van der Waals surface area contributed by atoms with E-state index in [4.69, 9.17) is 5.11 Å². The van der Waals surface area contributed by atoms with Gasteiger partial charge in [0.1, 0.15) is 0 Å². The van der Waals surface area contributed by atoms with Crippen LogP contribution in [-0.4, -0.2) is 29.1 Å². The van der Waals surface area contributed by atoms with E-state index in [1.807, 2.05) is 0 Å². The molecule has 0 fully saturated rings. The van der Waals surface area contributed by atoms with Gasteiger partial charge in [0.05, 0.1) is 0 Å². The minimum Gasteiger partial charge on any atom is -0.396 e. The molecule has 0 radical (unpaired) electrons. The molecule has 0 saturated carbocycles. The van der Waals surface area contributed by atoms with Crippen LogP contribution in [0.15, 0.2) is 0 Å². The number of hydrogen-bond donors (Lipinski definition) is 1. The highest BCUT2D eigenvalue weighted by Gasteiger charge is 1.91. The lowest BCUT2D eigenvalue weighted by Crippen LogP contribution is -1.84. The SMILES string of the molecule is CCCCCCCCCCCCCO.[AlH3]. The molecule has 0 aliphatic carbocycles. The van der Waals surface area contributed by atoms with Crippen molar-refractivity contribution in [3.8, 4) is 0 Å². The van der Waals surface area contributed by atoms with E-state index < -0.39 is 0 Å². The predicted molar refractivity (Wildman–Crippen MR) is 73.5 cm³/mol. The van der Waals surface area contributed by atoms with Gasteiger partial charge < -0.3 is 5.11 Å². The topological polar surface area (TPSA) is 20.2 Å². The molecule has 0 bridgehead atoms. The van der Waals surface area contributed by atoms with E-state index in [9.17, 15) is 0 Å². The lowest BCUT2D eigenvalue weighted by Gasteiger charge is -2.01. The van der Waals surface area contributed by atoms with E-state index in [-0.39, 0.29) is 17.4 Å². The number of aliphatic hydroxyl groups excluding tert-OH is 1. The van der Waals surface area contributed by atoms with Crippen LogP contribution in [0.25, 0.3) is 0 Å². The zero-order valence-electron chi connectivity index (χ0n) is 9.93. The number of hydrogen-bond acceptors (Lipinski definition) is 1. The third-order valence-corrected chi connectivity index (χ3v) is 2.76. The van der Waals surface area contributed by atoms with E-state index in [1.54, 1.807) is 0 Å². The molecule has 1 N–H and O–H groups in total. The van der Waals surface area contributed by atoms with Crippen LogP contribution in [0.4, 0.5) is 0 Å². The molecule has 1 nitrogen and oxygen atoms in total. The second-order valence-corrected chi connectivity index (χ2v) is 4.26. The van der Waals surface area contributed by atoms with Gasteiger partial charge in [0.2, 0.25) is 0 Å². The molecule has 0 atom stereocenters. The van der Waals surface area contributed by atoms with Gasteiger partial charge in [-0.2, -0.15) is 0 Å². The summed E-state index contributed by atoms with van der Waals surface area (Å²) >= 11 is 0. The molecular formula is C13H31AlO. The summed E-state index contributed by atoms with van der Waals surface area (Å²) in [6, 6.07) is 0. The molecule has 0 aromatic heterocycles. The summed E-state index contributed by atoms with van der Waals surface area (Å²) in [5.41, 5.74) is 0. The Morgan fingerprint density at radius 2 is 0.933 bits per heavy atom. The van der Waals surface area contributed by atoms with E-state index in [0.29, 0.717) is 6.61 Å². The average molecular weight is 230 g/mol. The maximum Gasteiger partial charge on any atom is 0.187 e. The minimum absolute atomic E-state index is 0. The summed E-state index contributed by atoms with van der Waals surface area (Å²) in [5, 5.41) is 8.59. The third-order valence-electron chi connectivity index (χ3n) is 2.76. The molecule has 0 heterocycles. The Hall–Kier alpha value is 0.492. The van der Waals surface area contributed by atoms with E-state index in [0.717, 1.165) is 6.42 Å². The van der Waals surface area contributed by atoms with Gasteiger partial charge in [-0.3, -0.25) is 0 Å². The van der Waals surface area contributed by atoms with Gasteiger partial charge in [-0.25, -0.2) is 0 Å². The largest absolute Gasteiger partial charge is 0.396 e. The molecule has 0 saturated heterocycles. The lowest BCUT2D eigenvalue weighted by atomic mass is 10.1. The van der Waals surface area contributed by atoms with Crippen molar-refractivity contribution in [1.82, 2.24) is 0 Å². The van der Waals surface area contributed by atoms with Crippen molar-refractivity contribution in [2.75, 3.05) is 6.61 Å². The molecule has 15 heavy (non-hydrogen) atoms. The maximum atomic E-state index is 8.59. The first-order valence-electron chi connectivity index (χ1n) is 6.52. The average Bonchev–Trinajstić information content (AvgIpc) is 2.21. The molecule has 0 aliphatic heterocycles. The van der Waals surface area contributed by atoms with Crippen molar-refractivity contribution in [3.63, 3.8) is 0 Å². The van der Waals surface area contributed by atoms with Gasteiger partial charge in [-0.1, -0.05) is 71.1 Å². The second kappa shape index (κ2) is 16.9. The number of rotatable bonds is 11. The molecule has 0 spiro atoms. The van der Waals surface area contributed by atoms with Crippen LogP contribution >= 0.6 is 0 Å². The van der Waals surface area contributed by atoms with Gasteiger partial charge in [-0.05, 0) is 6.42 Å². The van der Waals surface area contributed by atoms with Gasteiger partial charge >= 0.3 is 0 Å². The summed E-state index contributed by atoms with van der Waals surface area (Å²) in [4.78, 5) is 0. The predicted octanol–water partition coefficient (Wildman–Crippen LogP) is 3.11. The molecule has 0 aliphatic rings. The van der Waals surface area contributed by atoms with Crippen molar-refractivity contribution < 1.29 is 5.11 Å². The number of unbranched alkanes of at least 4 members (excludes halogenated alkanes) is 10. The fourth-order valence-electron chi connectivity index (χ4n) is 1.78. The summed E-state index contributed by atoms with van der Waals surface area (Å²) < 4.78 is 0. The summed E-state index contributed by atoms with van der Waals surface area (Å²) in [7, 11) is 0. The molecule has 0 rings (SSSR count). The second-order valence-electron chi connectivity index (χ2n) is 4.26. The first-order chi connectivity index (χ1) is 6.91. The highest BCUT2D eigenvalue weighted by atomic mass is 27.0. The summed E-state index contributed by atoms with van der Waals surface area (Å²) in [6.07, 6.45) is 14.8. The van der Waals surface area contributed by atoms with Gasteiger partial charge in [-0.15, -0.1) is 0 Å². The zero-order chi connectivity index (χ0) is 10.5. The molecule has 0 unspecified atom stereocenters. The van der Waals surface area contributed by atoms with Crippen LogP contribution in [0.3, 0.4) is 0 Å². The van der Waals surface area contributed by atoms with Crippen LogP contribution in [0.1, 0.15) is 77.6 Å². The summed E-state index contributed by atoms with van der Waals surface area (Å²) in [5.74, 6) is 0. The van der Waals surface area contributed by atoms with Crippen LogP contribution in [-0.2, 0) is 0 Å². The van der Waals surface area contributed by atoms with Gasteiger partial charge in [0.15, 0.2) is 17.4 Å². The van der Waals surface area contributed by atoms with Gasteiger partial charge in [0.25, 0.3) is 0 Å². The smallest absolute Gasteiger partial charge is 0.187 e. The van der Waals surface area contributed by atoms with Crippen molar-refractivity contribution in [2.24, 2.45) is 0 Å². The molecule has 0 aromatic carbocycles. The summed E-state index contributed by atoms with van der Waals surface area (Å²) in [6.45, 7) is 2.64. The van der Waals surface area contributed by atoms with Crippen LogP contribution < -0.4 is 0 Å². The third kappa shape index (κ3) is 17.1. The first kappa shape index (κ1) is 17.9. The normalized spacial score (nSPS) is 10.0. The molecule has 0 amide bonds.